The summed E-state index contributed by atoms with van der Waals surface area (Å²) < 4.78 is 0. The third-order valence-electron chi connectivity index (χ3n) is 12.3. The van der Waals surface area contributed by atoms with Gasteiger partial charge in [-0.3, -0.25) is 39.0 Å². The maximum Gasteiger partial charge on any atom is 0.326 e. The summed E-state index contributed by atoms with van der Waals surface area (Å²) in [5, 5.41) is 39.6. The average molecular weight is 966 g/mol. The first kappa shape index (κ1) is 53.6. The lowest BCUT2D eigenvalue weighted by atomic mass is 10.0. The van der Waals surface area contributed by atoms with Gasteiger partial charge < -0.3 is 58.3 Å². The second-order valence-corrected chi connectivity index (χ2v) is 17.7. The molecule has 2 heterocycles. The van der Waals surface area contributed by atoms with Gasteiger partial charge in [0, 0.05) is 32.4 Å². The monoisotopic (exact) mass is 966 g/mol. The van der Waals surface area contributed by atoms with E-state index in [4.69, 9.17) is 11.1 Å². The van der Waals surface area contributed by atoms with Crippen molar-refractivity contribution < 1.29 is 43.5 Å². The Morgan fingerprint density at radius 1 is 0.657 bits per heavy atom. The molecular formula is C50H67N11O9. The molecule has 20 nitrogen and oxygen atoms in total. The van der Waals surface area contributed by atoms with Crippen LogP contribution in [0.2, 0.25) is 0 Å². The highest BCUT2D eigenvalue weighted by Gasteiger charge is 2.39. The van der Waals surface area contributed by atoms with Crippen LogP contribution < -0.4 is 48.3 Å². The minimum Gasteiger partial charge on any atom is -0.480 e. The van der Waals surface area contributed by atoms with Crippen LogP contribution in [-0.2, 0) is 57.6 Å². The molecule has 0 radical (unpaired) electrons. The van der Waals surface area contributed by atoms with Crippen molar-refractivity contribution in [3.63, 3.8) is 0 Å². The summed E-state index contributed by atoms with van der Waals surface area (Å²) in [6.45, 7) is 4.21. The number of likely N-dealkylation sites (tertiary alicyclic amines) is 1. The van der Waals surface area contributed by atoms with Crippen molar-refractivity contribution in [1.82, 2.24) is 47.4 Å². The van der Waals surface area contributed by atoms with Crippen molar-refractivity contribution in [2.75, 3.05) is 19.6 Å². The van der Waals surface area contributed by atoms with Gasteiger partial charge in [0.15, 0.2) is 5.96 Å². The molecule has 20 heteroatoms. The van der Waals surface area contributed by atoms with E-state index in [-0.39, 0.29) is 63.5 Å². The summed E-state index contributed by atoms with van der Waals surface area (Å²) in [6, 6.07) is 18.2. The number of aliphatic carboxylic acids is 1. The quantitative estimate of drug-likeness (QED) is 0.0307. The standard InChI is InChI=1S/C50H67N11O9/c1-3-35(43(63)55-31(2)42(62)60-40(30-34-20-11-6-12-21-34)48(68)61-27-15-24-41(61)49(69)70)56-46(66)38(28-32-16-7-4-8-17-32)59-47(67)39(29-33-18-9-5-10-19-33)58-45(65)37(23-14-26-54-50(51)52)57-44(64)36-22-13-25-53-36/h4-12,16-21,31,35-41,53H,3,13-15,22-30H2,1-2H3,(H,55,63)(H,56,66)(H,57,64)(H,58,65)(H,59,67)(H,60,62)(H,69,70)(H4,51,52,54)/t31-,35-,36-,37-,38-,39-,40-,41+/m0/s1. The smallest absolute Gasteiger partial charge is 0.326 e. The number of carboxylic acids is 1. The van der Waals surface area contributed by atoms with E-state index in [0.717, 1.165) is 12.0 Å². The first-order chi connectivity index (χ1) is 33.6. The van der Waals surface area contributed by atoms with Gasteiger partial charge in [-0.15, -0.1) is 0 Å². The first-order valence-electron chi connectivity index (χ1n) is 23.9. The molecule has 0 aliphatic carbocycles. The lowest BCUT2D eigenvalue weighted by Gasteiger charge is -2.29. The molecule has 70 heavy (non-hydrogen) atoms. The summed E-state index contributed by atoms with van der Waals surface area (Å²) >= 11 is 0. The Kier molecular flexibility index (Phi) is 20.7. The van der Waals surface area contributed by atoms with E-state index in [1.807, 2.05) is 0 Å². The fourth-order valence-corrected chi connectivity index (χ4v) is 8.48. The number of rotatable bonds is 25. The maximum absolute atomic E-state index is 14.4. The van der Waals surface area contributed by atoms with Gasteiger partial charge in [-0.05, 0) is 75.1 Å². The molecule has 5 rings (SSSR count). The summed E-state index contributed by atoms with van der Waals surface area (Å²) in [7, 11) is 0. The molecule has 7 amide bonds. The number of hydrogen-bond donors (Lipinski definition) is 11. The Morgan fingerprint density at radius 3 is 1.63 bits per heavy atom. The SMILES string of the molecule is CC[C@H](NC(=O)[C@H](Cc1ccccc1)NC(=O)[C@H](Cc1ccccc1)NC(=O)[C@H](CCCNC(=N)N)NC(=O)[C@@H]1CCCN1)C(=O)N[C@@H](C)C(=O)N[C@@H](Cc1ccccc1)C(=O)N1CCC[C@@H]1C(=O)O. The zero-order chi connectivity index (χ0) is 50.6. The largest absolute Gasteiger partial charge is 0.480 e. The van der Waals surface area contributed by atoms with Gasteiger partial charge in [-0.2, -0.15) is 0 Å². The van der Waals surface area contributed by atoms with Crippen LogP contribution in [0.5, 0.6) is 0 Å². The summed E-state index contributed by atoms with van der Waals surface area (Å²) in [5.74, 6) is -5.78. The van der Waals surface area contributed by atoms with Crippen LogP contribution in [0.3, 0.4) is 0 Å². The topological polar surface area (TPSA) is 306 Å². The van der Waals surface area contributed by atoms with Gasteiger partial charge in [-0.25, -0.2) is 4.79 Å². The fraction of sp³-hybridized carbons (Fsp3) is 0.460. The number of hydrogen-bond acceptors (Lipinski definition) is 10. The number of amides is 7. The number of carbonyl (C=O) groups is 8. The van der Waals surface area contributed by atoms with E-state index in [0.29, 0.717) is 36.9 Å². The molecule has 2 aliphatic rings. The Morgan fingerprint density at radius 2 is 1.14 bits per heavy atom. The van der Waals surface area contributed by atoms with Crippen LogP contribution in [0.1, 0.15) is 75.5 Å². The highest BCUT2D eigenvalue weighted by Crippen LogP contribution is 2.20. The van der Waals surface area contributed by atoms with Crippen molar-refractivity contribution in [2.45, 2.75) is 126 Å². The molecule has 2 saturated heterocycles. The normalized spacial score (nSPS) is 17.8. The molecule has 0 unspecified atom stereocenters. The number of carboxylic acid groups (broad SMARTS) is 1. The van der Waals surface area contributed by atoms with Crippen LogP contribution in [-0.4, -0.2) is 131 Å². The molecule has 3 aromatic carbocycles. The van der Waals surface area contributed by atoms with E-state index < -0.39 is 89.7 Å². The van der Waals surface area contributed by atoms with Crippen LogP contribution in [0.4, 0.5) is 0 Å². The molecule has 0 aromatic heterocycles. The van der Waals surface area contributed by atoms with Crippen LogP contribution in [0, 0.1) is 5.41 Å². The maximum atomic E-state index is 14.4. The molecule has 0 saturated carbocycles. The molecule has 2 fully saturated rings. The molecule has 8 atom stereocenters. The van der Waals surface area contributed by atoms with Crippen molar-refractivity contribution in [1.29, 1.82) is 5.41 Å². The number of nitrogens with two attached hydrogens (primary N) is 1. The van der Waals surface area contributed by atoms with Gasteiger partial charge in [0.25, 0.3) is 0 Å². The predicted octanol–water partition coefficient (Wildman–Crippen LogP) is 0.144. The van der Waals surface area contributed by atoms with Gasteiger partial charge >= 0.3 is 5.97 Å². The Bertz CT molecular complexity index is 2260. The lowest BCUT2D eigenvalue weighted by molar-refractivity contribution is -0.149. The van der Waals surface area contributed by atoms with E-state index >= 15 is 0 Å². The first-order valence-corrected chi connectivity index (χ1v) is 23.9. The number of guanidine groups is 1. The van der Waals surface area contributed by atoms with Gasteiger partial charge in [-0.1, -0.05) is 97.9 Å². The summed E-state index contributed by atoms with van der Waals surface area (Å²) in [4.78, 5) is 111. The van der Waals surface area contributed by atoms with E-state index in [9.17, 15) is 43.5 Å². The fourth-order valence-electron chi connectivity index (χ4n) is 8.48. The van der Waals surface area contributed by atoms with E-state index in [1.54, 1.807) is 97.9 Å². The second kappa shape index (κ2) is 27.0. The molecule has 376 valence electrons. The van der Waals surface area contributed by atoms with Gasteiger partial charge in [0.1, 0.15) is 42.3 Å². The van der Waals surface area contributed by atoms with Gasteiger partial charge in [0.05, 0.1) is 6.04 Å². The zero-order valence-electron chi connectivity index (χ0n) is 39.7. The number of benzene rings is 3. The Labute approximate surface area is 407 Å². The highest BCUT2D eigenvalue weighted by molar-refractivity contribution is 5.98. The van der Waals surface area contributed by atoms with Crippen molar-refractivity contribution in [2.24, 2.45) is 5.73 Å². The Hall–Kier alpha value is -7.35. The summed E-state index contributed by atoms with van der Waals surface area (Å²) in [6.07, 6.45) is 2.84. The third kappa shape index (κ3) is 16.4. The predicted molar refractivity (Wildman–Crippen MR) is 261 cm³/mol. The van der Waals surface area contributed by atoms with Crippen molar-refractivity contribution in [3.05, 3.63) is 108 Å². The third-order valence-corrected chi connectivity index (χ3v) is 12.3. The van der Waals surface area contributed by atoms with E-state index in [1.165, 1.54) is 11.8 Å². The van der Waals surface area contributed by atoms with Gasteiger partial charge in [0.2, 0.25) is 41.4 Å². The second-order valence-electron chi connectivity index (χ2n) is 17.7. The Balaban J connectivity index is 1.30. The minimum absolute atomic E-state index is 0.00587. The molecule has 3 aromatic rings. The molecule has 0 bridgehead atoms. The highest BCUT2D eigenvalue weighted by atomic mass is 16.4. The van der Waals surface area contributed by atoms with Crippen LogP contribution in [0.15, 0.2) is 91.0 Å². The molecule has 0 spiro atoms. The lowest BCUT2D eigenvalue weighted by Crippen LogP contribution is -2.60. The molecular weight excluding hydrogens is 899 g/mol. The van der Waals surface area contributed by atoms with Crippen LogP contribution in [0.25, 0.3) is 0 Å². The van der Waals surface area contributed by atoms with E-state index in [2.05, 4.69) is 42.5 Å². The number of nitrogens with zero attached hydrogens (tertiary/aromatic N) is 1. The minimum atomic E-state index is -1.26. The average Bonchev–Trinajstić information content (AvgIpc) is 4.08. The summed E-state index contributed by atoms with van der Waals surface area (Å²) in [5.41, 5.74) is 7.55. The zero-order valence-corrected chi connectivity index (χ0v) is 39.7. The molecule has 12 N–H and O–H groups in total. The van der Waals surface area contributed by atoms with Crippen molar-refractivity contribution in [3.8, 4) is 0 Å². The number of carbonyl (C=O) groups excluding carboxylic acids is 7. The van der Waals surface area contributed by atoms with Crippen LogP contribution >= 0.6 is 0 Å². The number of nitrogens with one attached hydrogen (secondary N) is 9. The molecule has 2 aliphatic heterocycles. The van der Waals surface area contributed by atoms with Crippen molar-refractivity contribution >= 4 is 53.3 Å².